The lowest BCUT2D eigenvalue weighted by Gasteiger charge is -2.14. The highest BCUT2D eigenvalue weighted by Gasteiger charge is 2.38. The minimum absolute atomic E-state index is 0.0620. The van der Waals surface area contributed by atoms with Gasteiger partial charge in [-0.2, -0.15) is 31.4 Å². The normalized spacial score (nSPS) is 11.1. The van der Waals surface area contributed by atoms with E-state index in [9.17, 15) is 35.9 Å². The molecule has 3 rings (SSSR count). The molecule has 0 saturated heterocycles. The van der Waals surface area contributed by atoms with Gasteiger partial charge in [-0.25, -0.2) is 9.59 Å². The molecule has 0 atom stereocenters. The fraction of sp³-hybridized carbons (Fsp3) is 0.143. The number of nitrogens with one attached hydrogen (secondary N) is 4. The fourth-order valence-electron chi connectivity index (χ4n) is 2.69. The number of alkyl halides is 6. The second-order valence-corrected chi connectivity index (χ2v) is 6.99. The summed E-state index contributed by atoms with van der Waals surface area (Å²) in [5.74, 6) is -3.45. The van der Waals surface area contributed by atoms with Crippen molar-refractivity contribution in [1.29, 1.82) is 0 Å². The van der Waals surface area contributed by atoms with Gasteiger partial charge in [0.25, 0.3) is 5.91 Å². The highest BCUT2D eigenvalue weighted by Crippen LogP contribution is 2.34. The number of hydrogen-bond donors (Lipinski definition) is 6. The van der Waals surface area contributed by atoms with Gasteiger partial charge in [0.15, 0.2) is 5.69 Å². The molecule has 198 valence electrons. The molecule has 0 unspecified atom stereocenters. The van der Waals surface area contributed by atoms with Crippen molar-refractivity contribution in [2.75, 3.05) is 16.0 Å². The number of halogens is 6. The van der Waals surface area contributed by atoms with Crippen LogP contribution in [0.2, 0.25) is 0 Å². The van der Waals surface area contributed by atoms with Crippen LogP contribution in [-0.4, -0.2) is 39.4 Å². The van der Waals surface area contributed by atoms with Crippen molar-refractivity contribution < 1.29 is 45.8 Å². The monoisotopic (exact) mass is 532 g/mol. The van der Waals surface area contributed by atoms with Crippen LogP contribution in [0.3, 0.4) is 0 Å². The van der Waals surface area contributed by atoms with E-state index in [0.29, 0.717) is 11.4 Å². The third-order valence-electron chi connectivity index (χ3n) is 4.26. The van der Waals surface area contributed by atoms with Crippen molar-refractivity contribution in [3.8, 4) is 0 Å². The van der Waals surface area contributed by atoms with Gasteiger partial charge in [-0.15, -0.1) is 0 Å². The Hall–Kier alpha value is -4.76. The van der Waals surface area contributed by atoms with E-state index in [0.717, 1.165) is 11.6 Å². The standard InChI is InChI=1S/C19H17F3N6O2.C2HF3O2/c20-19(21,22)13-6-1-2-7-14(13)27-18(30)26-12-5-3-4-11(8-12)9-24-15-10-25-28-16(15)17(23)29;3-2(4,5)1(6)7/h1-8,10,24H,9H2,(H2,23,29)(H,25,28)(H2,26,27,30);(H,6,7). The molecule has 1 heterocycles. The van der Waals surface area contributed by atoms with Crippen LogP contribution in [0.5, 0.6) is 0 Å². The van der Waals surface area contributed by atoms with E-state index in [1.807, 2.05) is 0 Å². The number of aliphatic carboxylic acids is 1. The van der Waals surface area contributed by atoms with Gasteiger partial charge in [0.1, 0.15) is 0 Å². The summed E-state index contributed by atoms with van der Waals surface area (Å²) in [4.78, 5) is 32.3. The van der Waals surface area contributed by atoms with E-state index in [-0.39, 0.29) is 17.9 Å². The Labute approximate surface area is 203 Å². The first-order valence-corrected chi connectivity index (χ1v) is 9.89. The summed E-state index contributed by atoms with van der Waals surface area (Å²) in [6.07, 6.45) is -8.19. The molecular weight excluding hydrogens is 514 g/mol. The SMILES string of the molecule is NC(=O)c1n[nH]cc1NCc1cccc(NC(=O)Nc2ccccc2C(F)(F)F)c1.O=C(O)C(F)(F)F. The number of carboxylic acid groups (broad SMARTS) is 1. The number of H-pyrrole nitrogens is 1. The predicted molar refractivity (Wildman–Crippen MR) is 119 cm³/mol. The maximum Gasteiger partial charge on any atom is 0.490 e. The van der Waals surface area contributed by atoms with Crippen LogP contribution < -0.4 is 21.7 Å². The van der Waals surface area contributed by atoms with Gasteiger partial charge >= 0.3 is 24.4 Å². The van der Waals surface area contributed by atoms with Gasteiger partial charge < -0.3 is 26.8 Å². The zero-order chi connectivity index (χ0) is 27.8. The Morgan fingerprint density at radius 1 is 0.946 bits per heavy atom. The maximum absolute atomic E-state index is 13.0. The number of carboxylic acids is 1. The molecule has 3 aromatic rings. The van der Waals surface area contributed by atoms with E-state index < -0.39 is 35.8 Å². The highest BCUT2D eigenvalue weighted by atomic mass is 19.4. The third-order valence-corrected chi connectivity index (χ3v) is 4.26. The summed E-state index contributed by atoms with van der Waals surface area (Å²) < 4.78 is 70.9. The van der Waals surface area contributed by atoms with Crippen LogP contribution >= 0.6 is 0 Å². The topological polar surface area (TPSA) is 162 Å². The fourth-order valence-corrected chi connectivity index (χ4v) is 2.69. The van der Waals surface area contributed by atoms with E-state index >= 15 is 0 Å². The molecule has 0 fully saturated rings. The molecule has 7 N–H and O–H groups in total. The number of anilines is 3. The van der Waals surface area contributed by atoms with Crippen LogP contribution in [-0.2, 0) is 17.5 Å². The number of hydrogen-bond acceptors (Lipinski definition) is 5. The maximum atomic E-state index is 13.0. The van der Waals surface area contributed by atoms with Crippen molar-refractivity contribution >= 4 is 35.0 Å². The lowest BCUT2D eigenvalue weighted by molar-refractivity contribution is -0.192. The summed E-state index contributed by atoms with van der Waals surface area (Å²) in [5.41, 5.74) is 5.52. The second-order valence-electron chi connectivity index (χ2n) is 6.99. The number of amides is 3. The molecule has 0 radical (unpaired) electrons. The lowest BCUT2D eigenvalue weighted by Crippen LogP contribution is -2.22. The molecule has 0 bridgehead atoms. The number of aromatic nitrogens is 2. The highest BCUT2D eigenvalue weighted by molar-refractivity contribution is 6.00. The van der Waals surface area contributed by atoms with Crippen molar-refractivity contribution in [2.45, 2.75) is 18.9 Å². The first kappa shape index (κ1) is 28.5. The van der Waals surface area contributed by atoms with Crippen LogP contribution in [0.1, 0.15) is 21.6 Å². The van der Waals surface area contributed by atoms with Gasteiger partial charge in [0.2, 0.25) is 0 Å². The van der Waals surface area contributed by atoms with Gasteiger partial charge in [0.05, 0.1) is 16.9 Å². The molecular formula is C21H18F6N6O4. The summed E-state index contributed by atoms with van der Waals surface area (Å²) in [6, 6.07) is 10.5. The predicted octanol–water partition coefficient (Wildman–Crippen LogP) is 4.42. The zero-order valence-corrected chi connectivity index (χ0v) is 18.4. The Morgan fingerprint density at radius 3 is 2.19 bits per heavy atom. The van der Waals surface area contributed by atoms with Crippen molar-refractivity contribution in [2.24, 2.45) is 5.73 Å². The Kier molecular flexibility index (Phi) is 9.07. The van der Waals surface area contributed by atoms with Gasteiger partial charge in [-0.3, -0.25) is 9.89 Å². The molecule has 16 heteroatoms. The Morgan fingerprint density at radius 2 is 1.59 bits per heavy atom. The average Bonchev–Trinajstić information content (AvgIpc) is 3.26. The van der Waals surface area contributed by atoms with Gasteiger partial charge in [-0.05, 0) is 29.8 Å². The van der Waals surface area contributed by atoms with Crippen molar-refractivity contribution in [3.63, 3.8) is 0 Å². The summed E-state index contributed by atoms with van der Waals surface area (Å²) >= 11 is 0. The molecule has 0 spiro atoms. The summed E-state index contributed by atoms with van der Waals surface area (Å²) in [7, 11) is 0. The largest absolute Gasteiger partial charge is 0.490 e. The number of para-hydroxylation sites is 1. The minimum atomic E-state index is -5.08. The number of primary amides is 1. The number of urea groups is 1. The molecule has 0 aliphatic rings. The molecule has 3 amide bonds. The van der Waals surface area contributed by atoms with Crippen molar-refractivity contribution in [1.82, 2.24) is 10.2 Å². The number of nitrogens with two attached hydrogens (primary N) is 1. The molecule has 2 aromatic carbocycles. The number of benzene rings is 2. The molecule has 0 aliphatic carbocycles. The lowest BCUT2D eigenvalue weighted by atomic mass is 10.1. The Bertz CT molecular complexity index is 1260. The number of carbonyl (C=O) groups is 3. The molecule has 37 heavy (non-hydrogen) atoms. The molecule has 0 saturated carbocycles. The summed E-state index contributed by atoms with van der Waals surface area (Å²) in [5, 5.41) is 21.1. The van der Waals surface area contributed by atoms with Crippen LogP contribution in [0.4, 0.5) is 48.2 Å². The Balaban J connectivity index is 0.000000604. The first-order valence-electron chi connectivity index (χ1n) is 9.89. The van der Waals surface area contributed by atoms with Gasteiger partial charge in [-0.1, -0.05) is 24.3 Å². The van der Waals surface area contributed by atoms with Gasteiger partial charge in [0, 0.05) is 18.4 Å². The van der Waals surface area contributed by atoms with E-state index in [1.165, 1.54) is 24.4 Å². The number of carbonyl (C=O) groups excluding carboxylic acids is 2. The van der Waals surface area contributed by atoms with Crippen molar-refractivity contribution in [3.05, 3.63) is 71.5 Å². The van der Waals surface area contributed by atoms with Crippen LogP contribution in [0.15, 0.2) is 54.7 Å². The summed E-state index contributed by atoms with van der Waals surface area (Å²) in [6.45, 7) is 0.286. The zero-order valence-electron chi connectivity index (χ0n) is 18.4. The van der Waals surface area contributed by atoms with E-state index in [1.54, 1.807) is 24.3 Å². The average molecular weight is 532 g/mol. The van der Waals surface area contributed by atoms with Crippen LogP contribution in [0.25, 0.3) is 0 Å². The minimum Gasteiger partial charge on any atom is -0.475 e. The quantitative estimate of drug-likeness (QED) is 0.258. The molecule has 10 nitrogen and oxygen atoms in total. The van der Waals surface area contributed by atoms with Crippen LogP contribution in [0, 0.1) is 0 Å². The number of nitrogens with zero attached hydrogens (tertiary/aromatic N) is 1. The smallest absolute Gasteiger partial charge is 0.475 e. The number of rotatable bonds is 6. The second kappa shape index (κ2) is 11.8. The first-order chi connectivity index (χ1) is 17.2. The molecule has 1 aromatic heterocycles. The number of aromatic amines is 1. The molecule has 0 aliphatic heterocycles. The van der Waals surface area contributed by atoms with E-state index in [4.69, 9.17) is 15.6 Å². The third kappa shape index (κ3) is 8.75. The van der Waals surface area contributed by atoms with E-state index in [2.05, 4.69) is 26.1 Å².